The Morgan fingerprint density at radius 1 is 1.12 bits per heavy atom. The standard InChI is InChI=1S/C21H19N5O5S/c1-2-31-21(28)15-9-11-18(25-24-15)26-17-10-8-14(32(22,29)30)12-16(17)23-20(27)19(26)13-6-4-3-5-7-13/h3-12,19H,2H2,1H3,(H,23,27)(H2,22,29,30). The number of carbonyl (C=O) groups excluding carboxylic acids is 2. The number of nitrogens with one attached hydrogen (secondary N) is 1. The predicted octanol–water partition coefficient (Wildman–Crippen LogP) is 2.13. The molecule has 3 aromatic rings. The summed E-state index contributed by atoms with van der Waals surface area (Å²) in [7, 11) is -3.97. The molecule has 32 heavy (non-hydrogen) atoms. The van der Waals surface area contributed by atoms with Crippen LogP contribution in [0, 0.1) is 0 Å². The zero-order valence-corrected chi connectivity index (χ0v) is 17.7. The number of rotatable bonds is 5. The first-order valence-electron chi connectivity index (χ1n) is 9.62. The van der Waals surface area contributed by atoms with E-state index in [4.69, 9.17) is 9.88 Å². The van der Waals surface area contributed by atoms with Crippen molar-refractivity contribution in [2.45, 2.75) is 17.9 Å². The van der Waals surface area contributed by atoms with Crippen LogP contribution in [0.15, 0.2) is 65.6 Å². The number of benzene rings is 2. The minimum atomic E-state index is -3.97. The van der Waals surface area contributed by atoms with Crippen molar-refractivity contribution < 1.29 is 22.7 Å². The highest BCUT2D eigenvalue weighted by molar-refractivity contribution is 7.89. The van der Waals surface area contributed by atoms with Gasteiger partial charge in [0.25, 0.3) is 5.91 Å². The van der Waals surface area contributed by atoms with Crippen LogP contribution in [0.5, 0.6) is 0 Å². The van der Waals surface area contributed by atoms with Gasteiger partial charge in [0.15, 0.2) is 11.5 Å². The minimum Gasteiger partial charge on any atom is -0.461 e. The van der Waals surface area contributed by atoms with Gasteiger partial charge in [-0.25, -0.2) is 18.4 Å². The second-order valence-corrected chi connectivity index (χ2v) is 8.46. The van der Waals surface area contributed by atoms with E-state index in [1.54, 1.807) is 42.2 Å². The first-order valence-corrected chi connectivity index (χ1v) is 11.2. The maximum absolute atomic E-state index is 13.1. The fraction of sp³-hybridized carbons (Fsp3) is 0.143. The zero-order chi connectivity index (χ0) is 22.9. The second kappa shape index (κ2) is 8.36. The summed E-state index contributed by atoms with van der Waals surface area (Å²) in [5.41, 5.74) is 1.45. The average molecular weight is 453 g/mol. The summed E-state index contributed by atoms with van der Waals surface area (Å²) in [5.74, 6) is -0.723. The number of esters is 1. The van der Waals surface area contributed by atoms with E-state index >= 15 is 0 Å². The smallest absolute Gasteiger partial charge is 0.358 e. The maximum Gasteiger partial charge on any atom is 0.358 e. The Kier molecular flexibility index (Phi) is 5.59. The quantitative estimate of drug-likeness (QED) is 0.559. The second-order valence-electron chi connectivity index (χ2n) is 6.89. The molecule has 0 radical (unpaired) electrons. The molecule has 0 spiro atoms. The Morgan fingerprint density at radius 2 is 1.88 bits per heavy atom. The van der Waals surface area contributed by atoms with Crippen LogP contribution < -0.4 is 15.4 Å². The lowest BCUT2D eigenvalue weighted by Gasteiger charge is -2.37. The lowest BCUT2D eigenvalue weighted by molar-refractivity contribution is -0.117. The van der Waals surface area contributed by atoms with Crippen molar-refractivity contribution in [3.05, 3.63) is 71.9 Å². The van der Waals surface area contributed by atoms with Gasteiger partial charge in [-0.05, 0) is 42.8 Å². The van der Waals surface area contributed by atoms with Crippen molar-refractivity contribution in [1.29, 1.82) is 0 Å². The third-order valence-electron chi connectivity index (χ3n) is 4.82. The molecule has 0 saturated heterocycles. The van der Waals surface area contributed by atoms with Gasteiger partial charge in [-0.2, -0.15) is 0 Å². The molecule has 3 N–H and O–H groups in total. The van der Waals surface area contributed by atoms with Crippen molar-refractivity contribution >= 4 is 39.1 Å². The van der Waals surface area contributed by atoms with Crippen LogP contribution in [0.3, 0.4) is 0 Å². The van der Waals surface area contributed by atoms with E-state index in [0.717, 1.165) is 0 Å². The minimum absolute atomic E-state index is 0.0260. The van der Waals surface area contributed by atoms with Crippen LogP contribution in [-0.4, -0.2) is 37.1 Å². The van der Waals surface area contributed by atoms with Gasteiger partial charge in [0.2, 0.25) is 10.0 Å². The summed E-state index contributed by atoms with van der Waals surface area (Å²) < 4.78 is 28.5. The third kappa shape index (κ3) is 4.03. The van der Waals surface area contributed by atoms with Crippen LogP contribution in [0.4, 0.5) is 17.2 Å². The highest BCUT2D eigenvalue weighted by Gasteiger charge is 2.36. The maximum atomic E-state index is 13.1. The highest BCUT2D eigenvalue weighted by Crippen LogP contribution is 2.43. The van der Waals surface area contributed by atoms with Crippen molar-refractivity contribution in [1.82, 2.24) is 10.2 Å². The molecule has 11 heteroatoms. The van der Waals surface area contributed by atoms with E-state index in [1.807, 2.05) is 6.07 Å². The SMILES string of the molecule is CCOC(=O)c1ccc(N2c3ccc(S(N)(=O)=O)cc3NC(=O)C2c2ccccc2)nn1. The van der Waals surface area contributed by atoms with Crippen molar-refractivity contribution in [2.24, 2.45) is 5.14 Å². The largest absolute Gasteiger partial charge is 0.461 e. The molecule has 1 atom stereocenters. The number of hydrogen-bond donors (Lipinski definition) is 2. The summed E-state index contributed by atoms with van der Waals surface area (Å²) >= 11 is 0. The van der Waals surface area contributed by atoms with Gasteiger partial charge < -0.3 is 15.0 Å². The zero-order valence-electron chi connectivity index (χ0n) is 16.9. The molecule has 1 aromatic heterocycles. The monoisotopic (exact) mass is 453 g/mol. The Balaban J connectivity index is 1.85. The molecule has 0 aliphatic carbocycles. The first kappa shape index (κ1) is 21.4. The molecular formula is C21H19N5O5S. The van der Waals surface area contributed by atoms with E-state index in [-0.39, 0.29) is 28.7 Å². The van der Waals surface area contributed by atoms with E-state index in [2.05, 4.69) is 15.5 Å². The molecule has 2 aromatic carbocycles. The molecule has 4 rings (SSSR count). The van der Waals surface area contributed by atoms with Gasteiger partial charge in [-0.1, -0.05) is 30.3 Å². The van der Waals surface area contributed by atoms with Crippen LogP contribution in [0.1, 0.15) is 29.0 Å². The van der Waals surface area contributed by atoms with E-state index in [9.17, 15) is 18.0 Å². The Labute approximate surface area is 184 Å². The van der Waals surface area contributed by atoms with Crippen LogP contribution in [-0.2, 0) is 19.6 Å². The van der Waals surface area contributed by atoms with Gasteiger partial charge in [-0.3, -0.25) is 4.79 Å². The molecule has 10 nitrogen and oxygen atoms in total. The lowest BCUT2D eigenvalue weighted by Crippen LogP contribution is -2.39. The number of sulfonamides is 1. The summed E-state index contributed by atoms with van der Waals surface area (Å²) in [4.78, 5) is 26.5. The molecular weight excluding hydrogens is 434 g/mol. The molecule has 1 aliphatic rings. The van der Waals surface area contributed by atoms with Gasteiger partial charge in [-0.15, -0.1) is 10.2 Å². The third-order valence-corrected chi connectivity index (χ3v) is 5.73. The lowest BCUT2D eigenvalue weighted by atomic mass is 10.00. The Morgan fingerprint density at radius 3 is 2.50 bits per heavy atom. The van der Waals surface area contributed by atoms with Gasteiger partial charge in [0, 0.05) is 0 Å². The number of anilines is 3. The normalized spacial score (nSPS) is 15.6. The van der Waals surface area contributed by atoms with Crippen LogP contribution in [0.25, 0.3) is 0 Å². The van der Waals surface area contributed by atoms with Crippen molar-refractivity contribution in [3.63, 3.8) is 0 Å². The predicted molar refractivity (Wildman–Crippen MR) is 116 cm³/mol. The van der Waals surface area contributed by atoms with Gasteiger partial charge >= 0.3 is 5.97 Å². The summed E-state index contributed by atoms with van der Waals surface area (Å²) in [6, 6.07) is 15.4. The fourth-order valence-electron chi connectivity index (χ4n) is 3.42. The van der Waals surface area contributed by atoms with Crippen LogP contribution >= 0.6 is 0 Å². The highest BCUT2D eigenvalue weighted by atomic mass is 32.2. The Bertz CT molecular complexity index is 1280. The number of aromatic nitrogens is 2. The average Bonchev–Trinajstić information content (AvgIpc) is 2.78. The van der Waals surface area contributed by atoms with E-state index in [0.29, 0.717) is 11.3 Å². The Hall–Kier alpha value is -3.83. The number of ether oxygens (including phenoxy) is 1. The summed E-state index contributed by atoms with van der Waals surface area (Å²) in [6.45, 7) is 1.88. The molecule has 2 heterocycles. The number of carbonyl (C=O) groups is 2. The number of nitrogens with zero attached hydrogens (tertiary/aromatic N) is 3. The van der Waals surface area contributed by atoms with Gasteiger partial charge in [0.05, 0.1) is 22.9 Å². The fourth-order valence-corrected chi connectivity index (χ4v) is 3.96. The van der Waals surface area contributed by atoms with E-state index in [1.165, 1.54) is 24.3 Å². The number of hydrogen-bond acceptors (Lipinski definition) is 8. The van der Waals surface area contributed by atoms with Crippen molar-refractivity contribution in [2.75, 3.05) is 16.8 Å². The summed E-state index contributed by atoms with van der Waals surface area (Å²) in [5, 5.41) is 16.1. The number of amides is 1. The number of nitrogens with two attached hydrogens (primary N) is 1. The van der Waals surface area contributed by atoms with Gasteiger partial charge in [0.1, 0.15) is 6.04 Å². The van der Waals surface area contributed by atoms with Crippen LogP contribution in [0.2, 0.25) is 0 Å². The topological polar surface area (TPSA) is 145 Å². The molecule has 164 valence electrons. The van der Waals surface area contributed by atoms with E-state index < -0.39 is 27.9 Å². The molecule has 1 amide bonds. The van der Waals surface area contributed by atoms with Crippen molar-refractivity contribution in [3.8, 4) is 0 Å². The molecule has 0 saturated carbocycles. The molecule has 1 unspecified atom stereocenters. The number of fused-ring (bicyclic) bond motifs is 1. The summed E-state index contributed by atoms with van der Waals surface area (Å²) in [6.07, 6.45) is 0. The molecule has 1 aliphatic heterocycles. The molecule has 0 bridgehead atoms. The molecule has 0 fully saturated rings. The first-order chi connectivity index (χ1) is 15.3. The number of primary sulfonamides is 1.